The van der Waals surface area contributed by atoms with Crippen molar-refractivity contribution in [3.8, 4) is 5.75 Å². The first kappa shape index (κ1) is 16.7. The van der Waals surface area contributed by atoms with Crippen LogP contribution in [0.3, 0.4) is 0 Å². The lowest BCUT2D eigenvalue weighted by Crippen LogP contribution is -2.27. The lowest BCUT2D eigenvalue weighted by atomic mass is 10.1. The molecule has 0 aliphatic carbocycles. The maximum absolute atomic E-state index is 12.2. The number of pyridine rings is 1. The molecule has 1 amide bonds. The molecule has 22 heavy (non-hydrogen) atoms. The molecule has 0 bridgehead atoms. The van der Waals surface area contributed by atoms with Crippen LogP contribution in [0.5, 0.6) is 5.75 Å². The molecule has 5 nitrogen and oxygen atoms in total. The van der Waals surface area contributed by atoms with E-state index in [0.717, 1.165) is 48.4 Å². The van der Waals surface area contributed by atoms with Crippen molar-refractivity contribution < 1.29 is 14.3 Å². The van der Waals surface area contributed by atoms with Crippen LogP contribution in [0.25, 0.3) is 0 Å². The predicted octanol–water partition coefficient (Wildman–Crippen LogP) is 2.62. The minimum Gasteiger partial charge on any atom is -0.496 e. The van der Waals surface area contributed by atoms with E-state index in [4.69, 9.17) is 9.47 Å². The van der Waals surface area contributed by atoms with Gasteiger partial charge in [-0.25, -0.2) is 0 Å². The Morgan fingerprint density at radius 2 is 2.27 bits per heavy atom. The largest absolute Gasteiger partial charge is 0.496 e. The summed E-state index contributed by atoms with van der Waals surface area (Å²) in [6, 6.07) is 0. The normalized spacial score (nSPS) is 17.5. The van der Waals surface area contributed by atoms with Crippen LogP contribution in [-0.2, 0) is 16.1 Å². The van der Waals surface area contributed by atoms with Crippen molar-refractivity contribution in [2.45, 2.75) is 52.2 Å². The van der Waals surface area contributed by atoms with Crippen molar-refractivity contribution in [3.63, 3.8) is 0 Å². The maximum atomic E-state index is 12.2. The third-order valence-electron chi connectivity index (χ3n) is 4.27. The zero-order valence-electron chi connectivity index (χ0n) is 14.0. The van der Waals surface area contributed by atoms with Gasteiger partial charge in [-0.2, -0.15) is 0 Å². The average Bonchev–Trinajstić information content (AvgIpc) is 3.01. The van der Waals surface area contributed by atoms with E-state index in [0.29, 0.717) is 13.0 Å². The Kier molecular flexibility index (Phi) is 5.77. The van der Waals surface area contributed by atoms with Crippen LogP contribution in [0, 0.1) is 13.8 Å². The van der Waals surface area contributed by atoms with Gasteiger partial charge in [0.25, 0.3) is 0 Å². The molecule has 5 heteroatoms. The second-order valence-electron chi connectivity index (χ2n) is 5.97. The number of rotatable bonds is 6. The molecule has 0 aromatic carbocycles. The van der Waals surface area contributed by atoms with E-state index in [2.05, 4.69) is 4.98 Å². The van der Waals surface area contributed by atoms with Gasteiger partial charge in [-0.1, -0.05) is 0 Å². The highest BCUT2D eigenvalue weighted by Crippen LogP contribution is 2.25. The summed E-state index contributed by atoms with van der Waals surface area (Å²) < 4.78 is 11.0. The van der Waals surface area contributed by atoms with Gasteiger partial charge >= 0.3 is 0 Å². The number of aromatic nitrogens is 1. The second kappa shape index (κ2) is 7.58. The van der Waals surface area contributed by atoms with E-state index in [1.165, 1.54) is 0 Å². The molecule has 1 aliphatic rings. The number of nitrogens with zero attached hydrogens (tertiary/aromatic N) is 2. The van der Waals surface area contributed by atoms with Crippen LogP contribution >= 0.6 is 0 Å². The van der Waals surface area contributed by atoms with Gasteiger partial charge in [-0.3, -0.25) is 9.78 Å². The first-order valence-corrected chi connectivity index (χ1v) is 7.87. The zero-order chi connectivity index (χ0) is 16.1. The summed E-state index contributed by atoms with van der Waals surface area (Å²) in [5.41, 5.74) is 2.90. The van der Waals surface area contributed by atoms with Crippen LogP contribution in [0.15, 0.2) is 6.20 Å². The molecule has 2 rings (SSSR count). The van der Waals surface area contributed by atoms with Gasteiger partial charge in [0.1, 0.15) is 5.75 Å². The first-order valence-electron chi connectivity index (χ1n) is 7.87. The topological polar surface area (TPSA) is 51.7 Å². The molecule has 0 saturated carbocycles. The minimum absolute atomic E-state index is 0.135. The molecule has 1 saturated heterocycles. The fraction of sp³-hybridized carbons (Fsp3) is 0.647. The number of hydrogen-bond donors (Lipinski definition) is 0. The molecule has 1 fully saturated rings. The molecule has 1 atom stereocenters. The molecule has 1 aromatic rings. The molecule has 1 aliphatic heterocycles. The highest BCUT2D eigenvalue weighted by molar-refractivity contribution is 5.75. The second-order valence-corrected chi connectivity index (χ2v) is 5.97. The number of aryl methyl sites for hydroxylation is 1. The van der Waals surface area contributed by atoms with E-state index in [1.807, 2.05) is 20.9 Å². The van der Waals surface area contributed by atoms with Gasteiger partial charge in [-0.05, 0) is 33.1 Å². The quantitative estimate of drug-likeness (QED) is 0.810. The number of hydrogen-bond acceptors (Lipinski definition) is 4. The summed E-state index contributed by atoms with van der Waals surface area (Å²) in [4.78, 5) is 18.4. The summed E-state index contributed by atoms with van der Waals surface area (Å²) in [5.74, 6) is 0.987. The minimum atomic E-state index is 0.135. The Hall–Kier alpha value is -1.62. The van der Waals surface area contributed by atoms with E-state index >= 15 is 0 Å². The number of amides is 1. The Balaban J connectivity index is 1.93. The highest BCUT2D eigenvalue weighted by Gasteiger charge is 2.19. The van der Waals surface area contributed by atoms with Crippen molar-refractivity contribution in [3.05, 3.63) is 23.0 Å². The standard InChI is InChI=1S/C17H26N2O3/c1-12-10-18-15(13(2)17(12)21-4)11-19(3)16(20)8-7-14-6-5-9-22-14/h10,14H,5-9,11H2,1-4H3/t14-/m1/s1. The molecule has 0 spiro atoms. The van der Waals surface area contributed by atoms with Gasteiger partial charge < -0.3 is 14.4 Å². The van der Waals surface area contributed by atoms with Crippen LogP contribution < -0.4 is 4.74 Å². The highest BCUT2D eigenvalue weighted by atomic mass is 16.5. The summed E-state index contributed by atoms with van der Waals surface area (Å²) >= 11 is 0. The van der Waals surface area contributed by atoms with Crippen LogP contribution in [0.1, 0.15) is 42.5 Å². The van der Waals surface area contributed by atoms with Crippen molar-refractivity contribution in [2.75, 3.05) is 20.8 Å². The Morgan fingerprint density at radius 3 is 2.91 bits per heavy atom. The van der Waals surface area contributed by atoms with Gasteiger partial charge in [0.15, 0.2) is 0 Å². The van der Waals surface area contributed by atoms with Crippen molar-refractivity contribution in [1.82, 2.24) is 9.88 Å². The van der Waals surface area contributed by atoms with Crippen LogP contribution in [0.2, 0.25) is 0 Å². The third kappa shape index (κ3) is 3.97. The monoisotopic (exact) mass is 306 g/mol. The zero-order valence-corrected chi connectivity index (χ0v) is 14.0. The molecule has 0 N–H and O–H groups in total. The lowest BCUT2D eigenvalue weighted by Gasteiger charge is -2.20. The first-order chi connectivity index (χ1) is 10.5. The Morgan fingerprint density at radius 1 is 1.50 bits per heavy atom. The smallest absolute Gasteiger partial charge is 0.222 e. The maximum Gasteiger partial charge on any atom is 0.222 e. The van der Waals surface area contributed by atoms with Gasteiger partial charge in [0, 0.05) is 37.4 Å². The molecule has 0 radical (unpaired) electrons. The van der Waals surface area contributed by atoms with Gasteiger partial charge in [0.05, 0.1) is 25.5 Å². The lowest BCUT2D eigenvalue weighted by molar-refractivity contribution is -0.131. The van der Waals surface area contributed by atoms with Crippen LogP contribution in [-0.4, -0.2) is 42.7 Å². The molecular formula is C17H26N2O3. The summed E-state index contributed by atoms with van der Waals surface area (Å²) in [6.07, 6.45) is 5.59. The fourth-order valence-electron chi connectivity index (χ4n) is 2.89. The number of carbonyl (C=O) groups excluding carboxylic acids is 1. The number of methoxy groups -OCH3 is 1. The van der Waals surface area contributed by atoms with Gasteiger partial charge in [0.2, 0.25) is 5.91 Å². The summed E-state index contributed by atoms with van der Waals surface area (Å²) in [6.45, 7) is 5.30. The number of ether oxygens (including phenoxy) is 2. The number of carbonyl (C=O) groups is 1. The summed E-state index contributed by atoms with van der Waals surface area (Å²) in [5, 5.41) is 0. The molecule has 0 unspecified atom stereocenters. The SMILES string of the molecule is COc1c(C)cnc(CN(C)C(=O)CC[C@H]2CCCO2)c1C. The van der Waals surface area contributed by atoms with E-state index in [1.54, 1.807) is 18.2 Å². The van der Waals surface area contributed by atoms with Gasteiger partial charge in [-0.15, -0.1) is 0 Å². The molecule has 1 aromatic heterocycles. The van der Waals surface area contributed by atoms with E-state index in [-0.39, 0.29) is 12.0 Å². The average molecular weight is 306 g/mol. The fourth-order valence-corrected chi connectivity index (χ4v) is 2.89. The van der Waals surface area contributed by atoms with Crippen LogP contribution in [0.4, 0.5) is 0 Å². The predicted molar refractivity (Wildman–Crippen MR) is 84.9 cm³/mol. The molecule has 122 valence electrons. The third-order valence-corrected chi connectivity index (χ3v) is 4.27. The molecule has 2 heterocycles. The summed E-state index contributed by atoms with van der Waals surface area (Å²) in [7, 11) is 3.49. The van der Waals surface area contributed by atoms with Crippen molar-refractivity contribution in [1.29, 1.82) is 0 Å². The Bertz CT molecular complexity index is 525. The Labute approximate surface area is 132 Å². The molecular weight excluding hydrogens is 280 g/mol. The van der Waals surface area contributed by atoms with E-state index < -0.39 is 0 Å². The van der Waals surface area contributed by atoms with E-state index in [9.17, 15) is 4.79 Å². The van der Waals surface area contributed by atoms with Crippen molar-refractivity contribution >= 4 is 5.91 Å². The van der Waals surface area contributed by atoms with Crippen molar-refractivity contribution in [2.24, 2.45) is 0 Å².